The van der Waals surface area contributed by atoms with Crippen molar-refractivity contribution in [2.45, 2.75) is 45.4 Å². The van der Waals surface area contributed by atoms with Crippen LogP contribution in [0.25, 0.3) is 0 Å². The molecule has 1 saturated carbocycles. The van der Waals surface area contributed by atoms with Crippen LogP contribution in [0.1, 0.15) is 45.4 Å². The lowest BCUT2D eigenvalue weighted by Crippen LogP contribution is -2.44. The van der Waals surface area contributed by atoms with Crippen molar-refractivity contribution in [2.75, 3.05) is 33.7 Å². The molecule has 1 rings (SSSR count). The molecule has 2 unspecified atom stereocenters. The molecule has 0 saturated heterocycles. The molecule has 5 nitrogen and oxygen atoms in total. The maximum Gasteiger partial charge on any atom is 0.241 e. The average Bonchev–Trinajstić information content (AvgIpc) is 2.46. The first kappa shape index (κ1) is 18.0. The Morgan fingerprint density at radius 3 is 2.52 bits per heavy atom. The summed E-state index contributed by atoms with van der Waals surface area (Å²) in [6.07, 6.45) is 6.07. The highest BCUT2D eigenvalue weighted by atomic mass is 16.2. The minimum atomic E-state index is -0.00822. The minimum Gasteiger partial charge on any atom is -0.347 e. The van der Waals surface area contributed by atoms with Gasteiger partial charge in [0.2, 0.25) is 11.8 Å². The van der Waals surface area contributed by atoms with Crippen molar-refractivity contribution in [3.05, 3.63) is 0 Å². The fourth-order valence-corrected chi connectivity index (χ4v) is 3.11. The average molecular weight is 297 g/mol. The van der Waals surface area contributed by atoms with E-state index < -0.39 is 0 Å². The highest BCUT2D eigenvalue weighted by molar-refractivity contribution is 5.85. The molecule has 1 aliphatic carbocycles. The van der Waals surface area contributed by atoms with Gasteiger partial charge >= 0.3 is 0 Å². The van der Waals surface area contributed by atoms with Gasteiger partial charge in [0.15, 0.2) is 0 Å². The van der Waals surface area contributed by atoms with Gasteiger partial charge in [0, 0.05) is 26.6 Å². The maximum atomic E-state index is 12.7. The molecule has 0 spiro atoms. The van der Waals surface area contributed by atoms with E-state index in [1.54, 1.807) is 23.9 Å². The van der Waals surface area contributed by atoms with E-state index in [2.05, 4.69) is 0 Å². The Morgan fingerprint density at radius 1 is 1.24 bits per heavy atom. The number of rotatable bonds is 7. The van der Waals surface area contributed by atoms with Gasteiger partial charge in [-0.3, -0.25) is 9.59 Å². The predicted molar refractivity (Wildman–Crippen MR) is 84.7 cm³/mol. The summed E-state index contributed by atoms with van der Waals surface area (Å²) in [6, 6.07) is 0. The number of carbonyl (C=O) groups is 2. The number of likely N-dealkylation sites (N-methyl/N-ethyl adjacent to an activating group) is 1. The molecule has 21 heavy (non-hydrogen) atoms. The van der Waals surface area contributed by atoms with Crippen LogP contribution in [0.2, 0.25) is 0 Å². The van der Waals surface area contributed by atoms with Crippen LogP contribution in [-0.2, 0) is 9.59 Å². The molecule has 1 fully saturated rings. The zero-order valence-electron chi connectivity index (χ0n) is 13.8. The summed E-state index contributed by atoms with van der Waals surface area (Å²) in [4.78, 5) is 27.9. The standard InChI is InChI=1S/C16H31N3O2/c1-4-10-19(12-15(20)18(2)3)16(21)14-7-5-6-13(11-14)8-9-17/h13-14H,4-12,17H2,1-3H3. The van der Waals surface area contributed by atoms with Gasteiger partial charge in [0.05, 0.1) is 6.54 Å². The molecular weight excluding hydrogens is 266 g/mol. The summed E-state index contributed by atoms with van der Waals surface area (Å²) in [5.74, 6) is 0.808. The first-order valence-electron chi connectivity index (χ1n) is 8.18. The summed E-state index contributed by atoms with van der Waals surface area (Å²) in [5, 5.41) is 0. The lowest BCUT2D eigenvalue weighted by Gasteiger charge is -2.32. The lowest BCUT2D eigenvalue weighted by molar-refractivity contribution is -0.143. The van der Waals surface area contributed by atoms with Crippen molar-refractivity contribution < 1.29 is 9.59 Å². The maximum absolute atomic E-state index is 12.7. The molecule has 0 aromatic heterocycles. The Morgan fingerprint density at radius 2 is 1.95 bits per heavy atom. The molecule has 0 aromatic rings. The van der Waals surface area contributed by atoms with Crippen molar-refractivity contribution in [2.24, 2.45) is 17.6 Å². The second kappa shape index (κ2) is 9.03. The molecule has 0 heterocycles. The zero-order chi connectivity index (χ0) is 15.8. The van der Waals surface area contributed by atoms with Crippen LogP contribution >= 0.6 is 0 Å². The van der Waals surface area contributed by atoms with Gasteiger partial charge in [0.1, 0.15) is 0 Å². The summed E-state index contributed by atoms with van der Waals surface area (Å²) in [6.45, 7) is 3.61. The number of hydrogen-bond acceptors (Lipinski definition) is 3. The summed E-state index contributed by atoms with van der Waals surface area (Å²) in [5.41, 5.74) is 5.64. The second-order valence-electron chi connectivity index (χ2n) is 6.35. The van der Waals surface area contributed by atoms with Crippen LogP contribution in [0.3, 0.4) is 0 Å². The zero-order valence-corrected chi connectivity index (χ0v) is 13.8. The number of nitrogens with two attached hydrogens (primary N) is 1. The van der Waals surface area contributed by atoms with Crippen molar-refractivity contribution in [3.8, 4) is 0 Å². The van der Waals surface area contributed by atoms with Gasteiger partial charge in [0.25, 0.3) is 0 Å². The van der Waals surface area contributed by atoms with E-state index in [0.717, 1.165) is 32.1 Å². The first-order chi connectivity index (χ1) is 9.99. The highest BCUT2D eigenvalue weighted by Gasteiger charge is 2.30. The van der Waals surface area contributed by atoms with Gasteiger partial charge in [-0.05, 0) is 38.1 Å². The molecule has 2 N–H and O–H groups in total. The van der Waals surface area contributed by atoms with E-state index in [9.17, 15) is 9.59 Å². The molecule has 0 radical (unpaired) electrons. The third-order valence-corrected chi connectivity index (χ3v) is 4.34. The molecule has 122 valence electrons. The van der Waals surface area contributed by atoms with Crippen LogP contribution in [0, 0.1) is 11.8 Å². The molecule has 0 bridgehead atoms. The van der Waals surface area contributed by atoms with E-state index in [-0.39, 0.29) is 24.3 Å². The van der Waals surface area contributed by atoms with Crippen molar-refractivity contribution >= 4 is 11.8 Å². The Hall–Kier alpha value is -1.10. The fourth-order valence-electron chi connectivity index (χ4n) is 3.11. The Balaban J connectivity index is 2.64. The minimum absolute atomic E-state index is 0.00822. The van der Waals surface area contributed by atoms with Gasteiger partial charge < -0.3 is 15.5 Å². The van der Waals surface area contributed by atoms with Crippen LogP contribution in [0.5, 0.6) is 0 Å². The van der Waals surface area contributed by atoms with Crippen LogP contribution in [-0.4, -0.2) is 55.3 Å². The SMILES string of the molecule is CCCN(CC(=O)N(C)C)C(=O)C1CCCC(CCN)C1. The topological polar surface area (TPSA) is 66.6 Å². The second-order valence-corrected chi connectivity index (χ2v) is 6.35. The molecule has 2 amide bonds. The van der Waals surface area contributed by atoms with Crippen molar-refractivity contribution in [1.82, 2.24) is 9.80 Å². The van der Waals surface area contributed by atoms with Gasteiger partial charge in [-0.2, -0.15) is 0 Å². The summed E-state index contributed by atoms with van der Waals surface area (Å²) in [7, 11) is 3.46. The first-order valence-corrected chi connectivity index (χ1v) is 8.18. The van der Waals surface area contributed by atoms with Crippen LogP contribution in [0.15, 0.2) is 0 Å². The molecule has 1 aliphatic rings. The molecule has 0 aliphatic heterocycles. The quantitative estimate of drug-likeness (QED) is 0.774. The smallest absolute Gasteiger partial charge is 0.241 e. The third-order valence-electron chi connectivity index (χ3n) is 4.34. The monoisotopic (exact) mass is 297 g/mol. The predicted octanol–water partition coefficient (Wildman–Crippen LogP) is 1.47. The number of amides is 2. The molecule has 0 aromatic carbocycles. The van der Waals surface area contributed by atoms with Crippen LogP contribution < -0.4 is 5.73 Å². The van der Waals surface area contributed by atoms with Gasteiger partial charge in [-0.25, -0.2) is 0 Å². The Kier molecular flexibility index (Phi) is 7.72. The van der Waals surface area contributed by atoms with Crippen molar-refractivity contribution in [3.63, 3.8) is 0 Å². The fraction of sp³-hybridized carbons (Fsp3) is 0.875. The highest BCUT2D eigenvalue weighted by Crippen LogP contribution is 2.32. The van der Waals surface area contributed by atoms with E-state index in [1.807, 2.05) is 6.92 Å². The van der Waals surface area contributed by atoms with E-state index >= 15 is 0 Å². The third kappa shape index (κ3) is 5.65. The molecule has 5 heteroatoms. The number of carbonyl (C=O) groups excluding carboxylic acids is 2. The van der Waals surface area contributed by atoms with Gasteiger partial charge in [-0.1, -0.05) is 19.8 Å². The van der Waals surface area contributed by atoms with Crippen LogP contribution in [0.4, 0.5) is 0 Å². The summed E-state index contributed by atoms with van der Waals surface area (Å²) >= 11 is 0. The molecular formula is C16H31N3O2. The van der Waals surface area contributed by atoms with Crippen molar-refractivity contribution in [1.29, 1.82) is 0 Å². The van der Waals surface area contributed by atoms with Gasteiger partial charge in [-0.15, -0.1) is 0 Å². The lowest BCUT2D eigenvalue weighted by atomic mass is 9.79. The van der Waals surface area contributed by atoms with E-state index in [1.165, 1.54) is 6.42 Å². The normalized spacial score (nSPS) is 21.9. The number of nitrogens with zero attached hydrogens (tertiary/aromatic N) is 2. The Bertz CT molecular complexity index is 342. The summed E-state index contributed by atoms with van der Waals surface area (Å²) < 4.78 is 0. The molecule has 2 atom stereocenters. The largest absolute Gasteiger partial charge is 0.347 e. The van der Waals surface area contributed by atoms with E-state index in [0.29, 0.717) is 19.0 Å². The number of hydrogen-bond donors (Lipinski definition) is 1. The Labute approximate surface area is 128 Å². The van der Waals surface area contributed by atoms with E-state index in [4.69, 9.17) is 5.73 Å².